The number of ether oxygens (including phenoxy) is 2. The van der Waals surface area contributed by atoms with E-state index in [0.29, 0.717) is 28.8 Å². The van der Waals surface area contributed by atoms with Gasteiger partial charge in [0.15, 0.2) is 11.5 Å². The van der Waals surface area contributed by atoms with E-state index in [1.54, 1.807) is 36.0 Å². The smallest absolute Gasteiger partial charge is 0.253 e. The van der Waals surface area contributed by atoms with Crippen molar-refractivity contribution in [3.8, 4) is 11.5 Å². The minimum Gasteiger partial charge on any atom is -0.493 e. The number of thiophene rings is 1. The number of aromatic nitrogens is 1. The van der Waals surface area contributed by atoms with Gasteiger partial charge in [-0.3, -0.25) is 0 Å². The molecular weight excluding hydrogens is 384 g/mol. The van der Waals surface area contributed by atoms with Gasteiger partial charge in [-0.1, -0.05) is 12.1 Å². The number of benzene rings is 1. The van der Waals surface area contributed by atoms with Crippen molar-refractivity contribution < 1.29 is 17.9 Å². The van der Waals surface area contributed by atoms with Crippen LogP contribution in [0.15, 0.2) is 58.3 Å². The Morgan fingerprint density at radius 2 is 1.85 bits per heavy atom. The van der Waals surface area contributed by atoms with Gasteiger partial charge in [-0.15, -0.1) is 11.3 Å². The molecule has 142 valence electrons. The number of fused-ring (bicyclic) bond motifs is 1. The van der Waals surface area contributed by atoms with Gasteiger partial charge in [0.1, 0.15) is 4.21 Å². The maximum atomic E-state index is 13.3. The zero-order valence-corrected chi connectivity index (χ0v) is 16.7. The highest BCUT2D eigenvalue weighted by atomic mass is 32.2. The van der Waals surface area contributed by atoms with E-state index < -0.39 is 16.1 Å². The van der Waals surface area contributed by atoms with Gasteiger partial charge in [-0.25, -0.2) is 8.42 Å². The molecule has 3 aromatic rings. The van der Waals surface area contributed by atoms with Crippen molar-refractivity contribution in [2.45, 2.75) is 16.8 Å². The SMILES string of the molecule is COc1ccc([C@@H]2c3cccn3CCN2S(=O)(=O)c2cccs2)cc1OC. The number of nitrogens with zero attached hydrogens (tertiary/aromatic N) is 2. The predicted octanol–water partition coefficient (Wildman–Crippen LogP) is 3.36. The van der Waals surface area contributed by atoms with Crippen LogP contribution in [0.3, 0.4) is 0 Å². The molecule has 0 saturated carbocycles. The normalized spacial score (nSPS) is 17.5. The lowest BCUT2D eigenvalue weighted by Gasteiger charge is -2.36. The Kier molecular flexibility index (Phi) is 4.71. The second kappa shape index (κ2) is 7.03. The van der Waals surface area contributed by atoms with Crippen LogP contribution in [0.25, 0.3) is 0 Å². The lowest BCUT2D eigenvalue weighted by molar-refractivity contribution is 0.297. The Labute approximate surface area is 162 Å². The van der Waals surface area contributed by atoms with Crippen molar-refractivity contribution in [1.29, 1.82) is 0 Å². The number of sulfonamides is 1. The van der Waals surface area contributed by atoms with Gasteiger partial charge < -0.3 is 14.0 Å². The van der Waals surface area contributed by atoms with Crippen molar-refractivity contribution in [3.05, 3.63) is 65.3 Å². The van der Waals surface area contributed by atoms with E-state index in [1.807, 2.05) is 36.5 Å². The second-order valence-corrected chi connectivity index (χ2v) is 9.26. The molecule has 0 bridgehead atoms. The molecule has 27 heavy (non-hydrogen) atoms. The highest BCUT2D eigenvalue weighted by Crippen LogP contribution is 2.40. The fourth-order valence-corrected chi connectivity index (χ4v) is 6.21. The highest BCUT2D eigenvalue weighted by molar-refractivity contribution is 7.91. The molecule has 0 fully saturated rings. The summed E-state index contributed by atoms with van der Waals surface area (Å²) < 4.78 is 41.4. The molecule has 4 rings (SSSR count). The summed E-state index contributed by atoms with van der Waals surface area (Å²) in [6, 6.07) is 12.5. The van der Waals surface area contributed by atoms with Crippen LogP contribution < -0.4 is 9.47 Å². The largest absolute Gasteiger partial charge is 0.493 e. The van der Waals surface area contributed by atoms with Gasteiger partial charge >= 0.3 is 0 Å². The molecule has 2 aromatic heterocycles. The van der Waals surface area contributed by atoms with Crippen LogP contribution in [0.4, 0.5) is 0 Å². The van der Waals surface area contributed by atoms with E-state index >= 15 is 0 Å². The summed E-state index contributed by atoms with van der Waals surface area (Å²) in [6.45, 7) is 1.03. The molecular formula is C19H20N2O4S2. The Morgan fingerprint density at radius 1 is 1.04 bits per heavy atom. The molecule has 0 unspecified atom stereocenters. The summed E-state index contributed by atoms with van der Waals surface area (Å²) >= 11 is 1.24. The van der Waals surface area contributed by atoms with E-state index in [2.05, 4.69) is 4.57 Å². The molecule has 6 nitrogen and oxygen atoms in total. The summed E-state index contributed by atoms with van der Waals surface area (Å²) in [5.41, 5.74) is 1.78. The van der Waals surface area contributed by atoms with Crippen molar-refractivity contribution in [2.24, 2.45) is 0 Å². The first kappa shape index (κ1) is 18.1. The van der Waals surface area contributed by atoms with Crippen molar-refractivity contribution in [2.75, 3.05) is 20.8 Å². The van der Waals surface area contributed by atoms with E-state index in [4.69, 9.17) is 9.47 Å². The number of hydrogen-bond acceptors (Lipinski definition) is 5. The van der Waals surface area contributed by atoms with Crippen molar-refractivity contribution >= 4 is 21.4 Å². The van der Waals surface area contributed by atoms with Crippen LogP contribution >= 0.6 is 11.3 Å². The first-order chi connectivity index (χ1) is 13.1. The highest BCUT2D eigenvalue weighted by Gasteiger charge is 2.38. The maximum Gasteiger partial charge on any atom is 0.253 e. The quantitative estimate of drug-likeness (QED) is 0.654. The first-order valence-electron chi connectivity index (χ1n) is 8.48. The third-order valence-corrected chi connectivity index (χ3v) is 8.01. The molecule has 0 N–H and O–H groups in total. The zero-order valence-electron chi connectivity index (χ0n) is 15.0. The third-order valence-electron chi connectivity index (χ3n) is 4.78. The Morgan fingerprint density at radius 3 is 2.56 bits per heavy atom. The van der Waals surface area contributed by atoms with Crippen molar-refractivity contribution in [1.82, 2.24) is 8.87 Å². The number of rotatable bonds is 5. The van der Waals surface area contributed by atoms with Gasteiger partial charge in [-0.2, -0.15) is 4.31 Å². The summed E-state index contributed by atoms with van der Waals surface area (Å²) in [5, 5.41) is 1.78. The molecule has 0 radical (unpaired) electrons. The van der Waals surface area contributed by atoms with Crippen LogP contribution in [0.5, 0.6) is 11.5 Å². The number of hydrogen-bond donors (Lipinski definition) is 0. The summed E-state index contributed by atoms with van der Waals surface area (Å²) in [4.78, 5) is 0. The Bertz CT molecular complexity index is 1040. The monoisotopic (exact) mass is 404 g/mol. The van der Waals surface area contributed by atoms with Crippen LogP contribution in [0, 0.1) is 0 Å². The molecule has 0 amide bonds. The minimum absolute atomic E-state index is 0.355. The lowest BCUT2D eigenvalue weighted by Crippen LogP contribution is -2.42. The zero-order chi connectivity index (χ0) is 19.0. The van der Waals surface area contributed by atoms with Crippen LogP contribution in [0.1, 0.15) is 17.3 Å². The van der Waals surface area contributed by atoms with Gasteiger partial charge in [-0.05, 0) is 41.3 Å². The van der Waals surface area contributed by atoms with Crippen LogP contribution in [-0.4, -0.2) is 38.1 Å². The fourth-order valence-electron chi connectivity index (χ4n) is 3.51. The van der Waals surface area contributed by atoms with E-state index in [-0.39, 0.29) is 0 Å². The molecule has 8 heteroatoms. The molecule has 0 saturated heterocycles. The molecule has 3 heterocycles. The lowest BCUT2D eigenvalue weighted by atomic mass is 10.0. The Hall–Kier alpha value is -2.29. The molecule has 0 aliphatic carbocycles. The Balaban J connectivity index is 1.86. The summed E-state index contributed by atoms with van der Waals surface area (Å²) in [6.07, 6.45) is 1.98. The van der Waals surface area contributed by atoms with Gasteiger partial charge in [0.05, 0.1) is 20.3 Å². The number of methoxy groups -OCH3 is 2. The standard InChI is InChI=1S/C19H20N2O4S2/c1-24-16-8-7-14(13-17(16)25-2)19-15-5-3-9-20(15)10-11-21(19)27(22,23)18-6-4-12-26-18/h3-9,12-13,19H,10-11H2,1-2H3/t19-/m1/s1. The van der Waals surface area contributed by atoms with E-state index in [9.17, 15) is 8.42 Å². The topological polar surface area (TPSA) is 60.8 Å². The van der Waals surface area contributed by atoms with Gasteiger partial charge in [0.25, 0.3) is 10.0 Å². The fraction of sp³-hybridized carbons (Fsp3) is 0.263. The van der Waals surface area contributed by atoms with E-state index in [1.165, 1.54) is 11.3 Å². The van der Waals surface area contributed by atoms with Crippen LogP contribution in [-0.2, 0) is 16.6 Å². The molecule has 1 aromatic carbocycles. The summed E-state index contributed by atoms with van der Waals surface area (Å²) in [5.74, 6) is 1.19. The second-order valence-electron chi connectivity index (χ2n) is 6.19. The third kappa shape index (κ3) is 3.03. The molecule has 0 spiro atoms. The molecule has 1 aliphatic rings. The van der Waals surface area contributed by atoms with Crippen molar-refractivity contribution in [3.63, 3.8) is 0 Å². The average molecular weight is 405 g/mol. The predicted molar refractivity (Wildman–Crippen MR) is 104 cm³/mol. The maximum absolute atomic E-state index is 13.3. The first-order valence-corrected chi connectivity index (χ1v) is 10.8. The van der Waals surface area contributed by atoms with Gasteiger partial charge in [0.2, 0.25) is 0 Å². The van der Waals surface area contributed by atoms with Gasteiger partial charge in [0, 0.05) is 25.0 Å². The van der Waals surface area contributed by atoms with Crippen LogP contribution in [0.2, 0.25) is 0 Å². The summed E-state index contributed by atoms with van der Waals surface area (Å²) in [7, 11) is -0.450. The average Bonchev–Trinajstić information content (AvgIpc) is 3.38. The molecule has 1 atom stereocenters. The van der Waals surface area contributed by atoms with E-state index in [0.717, 1.165) is 11.3 Å². The molecule has 1 aliphatic heterocycles. The minimum atomic E-state index is -3.61.